The van der Waals surface area contributed by atoms with E-state index in [0.29, 0.717) is 11.8 Å². The fourth-order valence-corrected chi connectivity index (χ4v) is 9.10. The third-order valence-electron chi connectivity index (χ3n) is 8.82. The van der Waals surface area contributed by atoms with E-state index in [9.17, 15) is 0 Å². The quantitative estimate of drug-likeness (QED) is 0.776. The second kappa shape index (κ2) is 2.83. The molecule has 0 spiro atoms. The lowest BCUT2D eigenvalue weighted by molar-refractivity contribution is -0.240. The first-order chi connectivity index (χ1) is 10.3. The zero-order valence-corrected chi connectivity index (χ0v) is 12.4. The van der Waals surface area contributed by atoms with E-state index in [0.717, 1.165) is 47.3 Å². The van der Waals surface area contributed by atoms with E-state index >= 15 is 0 Å². The Morgan fingerprint density at radius 2 is 1.19 bits per heavy atom. The molecule has 0 saturated heterocycles. The molecule has 0 aliphatic heterocycles. The zero-order valence-electron chi connectivity index (χ0n) is 12.4. The Hall–Kier alpha value is -0.860. The first-order valence-corrected chi connectivity index (χ1v) is 8.54. The van der Waals surface area contributed by atoms with Gasteiger partial charge < -0.3 is 9.47 Å². The molecule has 0 amide bonds. The number of methoxy groups -OCH3 is 2. The molecule has 4 bridgehead atoms. The Balaban J connectivity index is 1.56. The van der Waals surface area contributed by atoms with Gasteiger partial charge in [-0.25, -0.2) is 0 Å². The summed E-state index contributed by atoms with van der Waals surface area (Å²) in [7, 11) is 3.78. The lowest BCUT2D eigenvalue weighted by Crippen LogP contribution is -2.48. The second-order valence-corrected chi connectivity index (χ2v) is 8.33. The molecule has 8 rings (SSSR count). The number of ether oxygens (including phenoxy) is 2. The number of benzene rings is 1. The fraction of sp³-hybridized carbons (Fsp3) is 0.684. The van der Waals surface area contributed by atoms with Crippen LogP contribution in [0.5, 0.6) is 0 Å². The van der Waals surface area contributed by atoms with Crippen LogP contribution >= 0.6 is 0 Å². The van der Waals surface area contributed by atoms with E-state index in [2.05, 4.69) is 24.3 Å². The summed E-state index contributed by atoms with van der Waals surface area (Å²) in [5.41, 5.74) is 3.39. The molecule has 5 fully saturated rings. The molecule has 7 aliphatic rings. The van der Waals surface area contributed by atoms with Crippen molar-refractivity contribution in [1.82, 2.24) is 0 Å². The van der Waals surface area contributed by atoms with Crippen molar-refractivity contribution in [3.05, 3.63) is 35.4 Å². The van der Waals surface area contributed by atoms with Crippen molar-refractivity contribution in [1.29, 1.82) is 0 Å². The molecule has 108 valence electrons. The van der Waals surface area contributed by atoms with Crippen LogP contribution in [0.3, 0.4) is 0 Å². The van der Waals surface area contributed by atoms with Crippen LogP contribution in [0.1, 0.15) is 23.0 Å². The minimum atomic E-state index is -0.247. The van der Waals surface area contributed by atoms with Crippen LogP contribution in [0.15, 0.2) is 24.3 Å². The van der Waals surface area contributed by atoms with Gasteiger partial charge >= 0.3 is 0 Å². The van der Waals surface area contributed by atoms with Crippen molar-refractivity contribution in [3.8, 4) is 0 Å². The molecule has 2 heteroatoms. The maximum absolute atomic E-state index is 6.11. The van der Waals surface area contributed by atoms with Gasteiger partial charge in [0, 0.05) is 26.1 Å². The van der Waals surface area contributed by atoms with Gasteiger partial charge in [0.25, 0.3) is 0 Å². The molecule has 10 atom stereocenters. The predicted molar refractivity (Wildman–Crippen MR) is 76.6 cm³/mol. The Kier molecular flexibility index (Phi) is 1.46. The van der Waals surface area contributed by atoms with Crippen LogP contribution < -0.4 is 0 Å². The molecular formula is C19H20O2. The fourth-order valence-electron chi connectivity index (χ4n) is 9.10. The van der Waals surface area contributed by atoms with Gasteiger partial charge in [0.05, 0.1) is 0 Å². The van der Waals surface area contributed by atoms with Gasteiger partial charge in [-0.2, -0.15) is 0 Å². The first-order valence-electron chi connectivity index (χ1n) is 8.54. The first kappa shape index (κ1) is 10.8. The highest BCUT2D eigenvalue weighted by Gasteiger charge is 2.92. The van der Waals surface area contributed by atoms with E-state index < -0.39 is 0 Å². The molecule has 21 heavy (non-hydrogen) atoms. The van der Waals surface area contributed by atoms with Crippen LogP contribution in [0.25, 0.3) is 0 Å². The molecule has 0 aromatic heterocycles. The van der Waals surface area contributed by atoms with Crippen molar-refractivity contribution < 1.29 is 9.47 Å². The molecule has 7 aliphatic carbocycles. The highest BCUT2D eigenvalue weighted by Crippen LogP contribution is 2.93. The summed E-state index contributed by atoms with van der Waals surface area (Å²) in [6.07, 6.45) is 0. The van der Waals surface area contributed by atoms with Crippen molar-refractivity contribution in [2.75, 3.05) is 14.2 Å². The molecule has 0 unspecified atom stereocenters. The summed E-state index contributed by atoms with van der Waals surface area (Å²) in [5.74, 6) is 8.18. The van der Waals surface area contributed by atoms with Gasteiger partial charge in [0.1, 0.15) is 0 Å². The smallest absolute Gasteiger partial charge is 0.174 e. The van der Waals surface area contributed by atoms with Crippen LogP contribution in [-0.2, 0) is 9.47 Å². The van der Waals surface area contributed by atoms with Gasteiger partial charge in [-0.1, -0.05) is 24.3 Å². The van der Waals surface area contributed by atoms with Crippen LogP contribution in [0, 0.1) is 47.3 Å². The van der Waals surface area contributed by atoms with E-state index in [-0.39, 0.29) is 5.79 Å². The maximum atomic E-state index is 6.11. The van der Waals surface area contributed by atoms with Gasteiger partial charge in [0.2, 0.25) is 0 Å². The predicted octanol–water partition coefficient (Wildman–Crippen LogP) is 2.85. The van der Waals surface area contributed by atoms with Crippen molar-refractivity contribution in [3.63, 3.8) is 0 Å². The molecule has 5 saturated carbocycles. The molecular weight excluding hydrogens is 260 g/mol. The SMILES string of the molecule is COC1(OC)[C@@H]2[C@@H]3[C@@H]4[C@@H]5c6ccccc6[C@H]6[C@H]4[C@@H]3[C@H]1[C@@H]6[C@@H]52. The third-order valence-corrected chi connectivity index (χ3v) is 8.82. The molecule has 2 nitrogen and oxygen atoms in total. The number of hydrogen-bond acceptors (Lipinski definition) is 2. The van der Waals surface area contributed by atoms with Gasteiger partial charge in [-0.3, -0.25) is 0 Å². The summed E-state index contributed by atoms with van der Waals surface area (Å²) in [6, 6.07) is 9.34. The Bertz CT molecular complexity index is 638. The van der Waals surface area contributed by atoms with Gasteiger partial charge in [-0.05, 0) is 58.5 Å². The molecule has 0 N–H and O–H groups in total. The highest BCUT2D eigenvalue weighted by atomic mass is 16.7. The minimum absolute atomic E-state index is 0.247. The minimum Gasteiger partial charge on any atom is -0.353 e. The van der Waals surface area contributed by atoms with Crippen molar-refractivity contribution in [2.24, 2.45) is 47.3 Å². The van der Waals surface area contributed by atoms with E-state index in [4.69, 9.17) is 9.47 Å². The van der Waals surface area contributed by atoms with Crippen molar-refractivity contribution in [2.45, 2.75) is 17.6 Å². The molecule has 1 aromatic rings. The highest BCUT2D eigenvalue weighted by molar-refractivity contribution is 5.53. The summed E-state index contributed by atoms with van der Waals surface area (Å²) in [4.78, 5) is 0. The monoisotopic (exact) mass is 280 g/mol. The summed E-state index contributed by atoms with van der Waals surface area (Å²) in [5, 5.41) is 0. The average Bonchev–Trinajstić information content (AvgIpc) is 3.04. The van der Waals surface area contributed by atoms with Crippen LogP contribution in [0.2, 0.25) is 0 Å². The van der Waals surface area contributed by atoms with Crippen LogP contribution in [-0.4, -0.2) is 20.0 Å². The molecule has 0 radical (unpaired) electrons. The summed E-state index contributed by atoms with van der Waals surface area (Å²) >= 11 is 0. The van der Waals surface area contributed by atoms with Crippen LogP contribution in [0.4, 0.5) is 0 Å². The van der Waals surface area contributed by atoms with Crippen molar-refractivity contribution >= 4 is 0 Å². The lowest BCUT2D eigenvalue weighted by atomic mass is 9.49. The van der Waals surface area contributed by atoms with Gasteiger partial charge in [-0.15, -0.1) is 0 Å². The Morgan fingerprint density at radius 1 is 0.714 bits per heavy atom. The third kappa shape index (κ3) is 0.724. The van der Waals surface area contributed by atoms with E-state index in [1.807, 2.05) is 14.2 Å². The largest absolute Gasteiger partial charge is 0.353 e. The number of hydrogen-bond donors (Lipinski definition) is 0. The topological polar surface area (TPSA) is 18.5 Å². The molecule has 0 heterocycles. The average molecular weight is 280 g/mol. The second-order valence-electron chi connectivity index (χ2n) is 8.33. The maximum Gasteiger partial charge on any atom is 0.174 e. The Labute approximate surface area is 124 Å². The van der Waals surface area contributed by atoms with E-state index in [1.165, 1.54) is 0 Å². The zero-order chi connectivity index (χ0) is 13.7. The number of rotatable bonds is 2. The normalized spacial score (nSPS) is 60.7. The Morgan fingerprint density at radius 3 is 1.62 bits per heavy atom. The molecule has 1 aromatic carbocycles. The standard InChI is InChI=1S/C19H20O2/c1-20-19(21-2)17-13-9-7-5-3-4-6-8(7)10-12-11(9)15(17)16(12)18(19)14(10)13/h3-6,9-18H,1-2H3/t9-,10-,11+,12+,13-,14+,15-,16+,17+,18-/m0/s1. The summed E-state index contributed by atoms with van der Waals surface area (Å²) in [6.45, 7) is 0. The lowest BCUT2D eigenvalue weighted by Gasteiger charge is -2.55. The van der Waals surface area contributed by atoms with E-state index in [1.54, 1.807) is 11.1 Å². The summed E-state index contributed by atoms with van der Waals surface area (Å²) < 4.78 is 12.2. The van der Waals surface area contributed by atoms with Gasteiger partial charge in [0.15, 0.2) is 5.79 Å².